The predicted octanol–water partition coefficient (Wildman–Crippen LogP) is 16.8. The lowest BCUT2D eigenvalue weighted by atomic mass is 9.82. The average molecular weight is 2190 g/mol. The molecule has 9 unspecified atom stereocenters. The number of nitro groups is 3. The summed E-state index contributed by atoms with van der Waals surface area (Å²) < 4.78 is 131. The van der Waals surface area contributed by atoms with Gasteiger partial charge in [0.2, 0.25) is 3.79 Å². The smallest absolute Gasteiger partial charge is 0.303 e. The minimum absolute atomic E-state index is 0.0136. The zero-order valence-corrected chi connectivity index (χ0v) is 90.7. The molecule has 6 aromatic carbocycles. The summed E-state index contributed by atoms with van der Waals surface area (Å²) in [6, 6.07) is 41.4. The highest BCUT2D eigenvalue weighted by Crippen LogP contribution is 2.52. The minimum atomic E-state index is -3.54. The van der Waals surface area contributed by atoms with Gasteiger partial charge in [-0.3, -0.25) is 78.5 Å². The summed E-state index contributed by atoms with van der Waals surface area (Å²) in [7, 11) is -12.8. The van der Waals surface area contributed by atoms with Gasteiger partial charge in [0.25, 0.3) is 17.1 Å². The van der Waals surface area contributed by atoms with E-state index in [1.807, 2.05) is 80.6 Å². The number of thioether (sulfide) groups is 1. The van der Waals surface area contributed by atoms with Crippen LogP contribution in [-0.2, 0) is 149 Å². The van der Waals surface area contributed by atoms with Crippen LogP contribution in [0.5, 0.6) is 0 Å². The third kappa shape index (κ3) is 57.3. The van der Waals surface area contributed by atoms with Gasteiger partial charge in [-0.15, -0.1) is 6.42 Å². The molecule has 36 nitrogen and oxygen atoms in total. The van der Waals surface area contributed by atoms with Gasteiger partial charge < -0.3 is 42.6 Å². The summed E-state index contributed by atoms with van der Waals surface area (Å²) in [5.41, 5.74) is 5.84. The molecule has 0 N–H and O–H groups in total. The van der Waals surface area contributed by atoms with Gasteiger partial charge >= 0.3 is 53.7 Å². The van der Waals surface area contributed by atoms with Crippen molar-refractivity contribution in [3.8, 4) is 12.3 Å². The number of nitro benzene ring substituents is 3. The van der Waals surface area contributed by atoms with Crippen molar-refractivity contribution >= 4 is 172 Å². The number of aliphatic imine (C=N–C) groups is 1. The van der Waals surface area contributed by atoms with Crippen LogP contribution in [0.25, 0.3) is 0 Å². The molecule has 6 aromatic rings. The first-order chi connectivity index (χ1) is 67.6. The molecule has 0 amide bonds. The van der Waals surface area contributed by atoms with Crippen molar-refractivity contribution in [3.63, 3.8) is 0 Å². The van der Waals surface area contributed by atoms with Crippen molar-refractivity contribution in [2.24, 2.45) is 34.6 Å². The molecule has 45 heteroatoms. The van der Waals surface area contributed by atoms with Gasteiger partial charge in [0, 0.05) is 127 Å². The second-order valence-corrected chi connectivity index (χ2v) is 46.3. The van der Waals surface area contributed by atoms with Crippen LogP contribution in [0.3, 0.4) is 0 Å². The van der Waals surface area contributed by atoms with Crippen LogP contribution in [-0.4, -0.2) is 210 Å². The molecule has 0 radical (unpaired) electrons. The van der Waals surface area contributed by atoms with E-state index >= 15 is 0 Å². The zero-order chi connectivity index (χ0) is 110. The monoisotopic (exact) mass is 2190 g/mol. The Hall–Kier alpha value is -12.2. The maximum Gasteiger partial charge on any atom is 0.303 e. The zero-order valence-electron chi connectivity index (χ0n) is 83.5. The summed E-state index contributed by atoms with van der Waals surface area (Å²) >= 11 is 17.0. The van der Waals surface area contributed by atoms with E-state index in [4.69, 9.17) is 60.2 Å². The molecule has 0 aromatic heterocycles. The normalized spacial score (nSPS) is 16.3. The number of rotatable bonds is 27. The maximum atomic E-state index is 11.7. The van der Waals surface area contributed by atoms with Crippen LogP contribution >= 0.6 is 46.6 Å². The molecule has 1 fully saturated rings. The highest BCUT2D eigenvalue weighted by atomic mass is 35.6. The molecule has 9 atom stereocenters. The first-order valence-electron chi connectivity index (χ1n) is 44.0. The Kier molecular flexibility index (Phi) is 60.9. The third-order valence-corrected chi connectivity index (χ3v) is 29.0. The third-order valence-electron chi connectivity index (χ3n) is 19.4. The molecule has 4 aliphatic carbocycles. The lowest BCUT2D eigenvalue weighted by Gasteiger charge is -2.24. The Morgan fingerprint density at radius 1 is 0.503 bits per heavy atom. The number of aryl methyl sites for hydroxylation is 3. The standard InChI is InChI=1S/C17H20O2.C11H13NO4.C11H14O4S.C11H15O2S.C10H12O2.C9H9NO4.C8H9NO4S.C8H9NO2S2.C6H12O4S.C5H6O2.C4H5Cl3O2/c1-11-7-8-15-13-5-3-4-6-14(13)17(16(15)9-11)10-19-12(2)18;1-8(7-16-9(2)13)10-5-3-4-6-11(10)12(14)15;1-9-3-5-11(6-4-9)16(13,14)8-7-15-10(2)12;1-10(12)13-8-9-14(2)11-6-4-3-5-7-11;1-8-3-5-10(6-4-8)7-12-9(2)11;1-7(11)14-6-8-4-2-3-5-9(8)10(12)13;1-6-3-4-8(14(2,12)13)7(5-6)9(10)11;1-13(10,11)8-9-6-4-2-3-5-7(6)12-8;1-3-11(8,9)5-4-10-6(2)7;1-3-4-7-5(2)6;1-3(8)9-2-4(5,6)7/h3-9,13-17H,10H2,1-2H3;3-6,8H,7H2,1-2H3;3-6H,7-8H2,1-2H3;3-7H,8-9H2,1-2H3;3-6H,7H2,1-2H3;2-5H,6H2,1H3;3-5H,1-2H3;2-7H,1H3;3-5H2,1-2H3;1H,4H2,2H3;2H2,1H3/q;;;+1;;;;;;;. The number of ether oxygens (including phenoxy) is 9. The van der Waals surface area contributed by atoms with E-state index in [9.17, 15) is 107 Å². The molecule has 1 aliphatic heterocycles. The fourth-order valence-electron chi connectivity index (χ4n) is 12.4. The Bertz CT molecular complexity index is 6060. The predicted molar refractivity (Wildman–Crippen MR) is 558 cm³/mol. The van der Waals surface area contributed by atoms with Crippen LogP contribution in [0.4, 0.5) is 17.1 Å². The Labute approximate surface area is 869 Å². The summed E-state index contributed by atoms with van der Waals surface area (Å²) in [6.45, 7) is 24.3. The second kappa shape index (κ2) is 67.5. The number of nitrogens with zero attached hydrogens (tertiary/aromatic N) is 4. The number of halogens is 3. The number of carbonyl (C=O) groups excluding carboxylic acids is 9. The van der Waals surface area contributed by atoms with Gasteiger partial charge in [-0.1, -0.05) is 241 Å². The summed E-state index contributed by atoms with van der Waals surface area (Å²) in [5.74, 6) is 2.02. The molecule has 5 aliphatic rings. The maximum absolute atomic E-state index is 11.7. The van der Waals surface area contributed by atoms with Crippen LogP contribution in [0.1, 0.15) is 122 Å². The topological polar surface area (TPSA) is 515 Å². The van der Waals surface area contributed by atoms with Crippen molar-refractivity contribution in [2.75, 3.05) is 88.0 Å². The van der Waals surface area contributed by atoms with Crippen LogP contribution in [0, 0.1) is 93.0 Å². The van der Waals surface area contributed by atoms with Crippen LogP contribution in [0.2, 0.25) is 0 Å². The van der Waals surface area contributed by atoms with Gasteiger partial charge in [0.1, 0.15) is 56.5 Å². The van der Waals surface area contributed by atoms with E-state index in [1.54, 1.807) is 81.4 Å². The number of sulfone groups is 4. The second-order valence-electron chi connectivity index (χ2n) is 31.7. The summed E-state index contributed by atoms with van der Waals surface area (Å²) in [5, 5.41) is 32.0. The number of benzene rings is 6. The number of alkyl halides is 3. The molecule has 0 bridgehead atoms. The van der Waals surface area contributed by atoms with E-state index in [0.29, 0.717) is 66.1 Å². The number of fused-ring (bicyclic) bond motifs is 4. The first kappa shape index (κ1) is 131. The Balaban J connectivity index is 0.000000804. The van der Waals surface area contributed by atoms with Crippen molar-refractivity contribution in [2.45, 2.75) is 153 Å². The number of hydrogen-bond acceptors (Lipinski definition) is 34. The molecule has 1 saturated carbocycles. The molecule has 792 valence electrons. The largest absolute Gasteiger partial charge is 0.466 e. The number of allylic oxidation sites excluding steroid dienone is 10. The van der Waals surface area contributed by atoms with Crippen molar-refractivity contribution in [1.29, 1.82) is 0 Å². The van der Waals surface area contributed by atoms with Gasteiger partial charge in [-0.05, 0) is 98.9 Å². The highest BCUT2D eigenvalue weighted by Gasteiger charge is 2.48. The molecule has 1 heterocycles. The van der Waals surface area contributed by atoms with Crippen LogP contribution in [0.15, 0.2) is 238 Å². The lowest BCUT2D eigenvalue weighted by molar-refractivity contribution is -0.387. The summed E-state index contributed by atoms with van der Waals surface area (Å²) in [6.07, 6.45) is 32.6. The SMILES string of the molecule is C#CCOC(C)=O.CC(=O)OCC(C)c1ccccc1[N+](=O)[O-].CC(=O)OCC(Cl)(Cl)Cl.CC(=O)OCC1C2C=CC=CC2C2C=CC(C)=CC21.CC(=O)OCCS(=O)(=O)c1ccc(C)cc1.CC(=O)OCC[S+](C)c1ccccc1.CC(=O)OCc1ccc(C)cc1.CC(=O)OCc1ccccc1[N+](=O)[O-].CCS(=O)(=O)CCOC(C)=O.CS(=O)(=O)C1=NC2C=CC=CC2S1.Cc1ccc(S(C)(=O)=O)c([N+](=O)[O-])c1. The Morgan fingerprint density at radius 3 is 1.45 bits per heavy atom. The van der Waals surface area contributed by atoms with Gasteiger partial charge in [0.05, 0.1) is 61.2 Å². The number of hydrogen-bond donors (Lipinski definition) is 0. The van der Waals surface area contributed by atoms with Gasteiger partial charge in [-0.25, -0.2) is 33.7 Å². The lowest BCUT2D eigenvalue weighted by Crippen LogP contribution is -2.23. The molecule has 0 spiro atoms. The molecule has 145 heavy (non-hydrogen) atoms. The Morgan fingerprint density at radius 2 is 0.966 bits per heavy atom. The summed E-state index contributed by atoms with van der Waals surface area (Å²) in [4.78, 5) is 130. The van der Waals surface area contributed by atoms with E-state index in [2.05, 4.69) is 102 Å². The van der Waals surface area contributed by atoms with E-state index in [-0.39, 0.29) is 146 Å². The fraction of sp³-hybridized carbons (Fsp3) is 0.400. The molecular weight excluding hydrogens is 2070 g/mol. The number of carbonyl (C=O) groups is 9. The first-order valence-corrected chi connectivity index (χ1v) is 55.1. The van der Waals surface area contributed by atoms with Crippen molar-refractivity contribution in [1.82, 2.24) is 0 Å². The molecular formula is C100H124Cl3N4O32S6+. The number of para-hydroxylation sites is 2. The molecule has 11 rings (SSSR count). The van der Waals surface area contributed by atoms with Gasteiger partial charge in [0.15, 0.2) is 55.2 Å². The van der Waals surface area contributed by atoms with Gasteiger partial charge in [-0.2, -0.15) is 0 Å². The fourth-order valence-corrected chi connectivity index (χ4v) is 18.5. The van der Waals surface area contributed by atoms with E-state index in [0.717, 1.165) is 23.1 Å². The van der Waals surface area contributed by atoms with Crippen molar-refractivity contribution in [3.05, 3.63) is 282 Å². The number of esters is 9. The van der Waals surface area contributed by atoms with Crippen LogP contribution < -0.4 is 0 Å². The number of terminal acetylenes is 1. The van der Waals surface area contributed by atoms with E-state index < -0.39 is 81.8 Å². The highest BCUT2D eigenvalue weighted by molar-refractivity contribution is 8.35. The molecule has 0 saturated heterocycles. The minimum Gasteiger partial charge on any atom is -0.466 e. The quantitative estimate of drug-likeness (QED) is 0.00879. The van der Waals surface area contributed by atoms with Crippen molar-refractivity contribution < 1.29 is 134 Å². The average Bonchev–Trinajstić information content (AvgIpc) is 1.61. The van der Waals surface area contributed by atoms with E-state index in [1.165, 1.54) is 127 Å².